The minimum absolute atomic E-state index is 0.315. The van der Waals surface area contributed by atoms with Crippen LogP contribution in [0.5, 0.6) is 0 Å². The van der Waals surface area contributed by atoms with Gasteiger partial charge in [0, 0.05) is 18.5 Å². The Labute approximate surface area is 105 Å². The molecule has 1 aromatic heterocycles. The van der Waals surface area contributed by atoms with Crippen LogP contribution >= 0.6 is 0 Å². The minimum atomic E-state index is -0.315. The van der Waals surface area contributed by atoms with Gasteiger partial charge in [0.2, 0.25) is 0 Å². The molecule has 4 heteroatoms. The van der Waals surface area contributed by atoms with Crippen molar-refractivity contribution in [3.05, 3.63) is 35.9 Å². The zero-order chi connectivity index (χ0) is 12.5. The van der Waals surface area contributed by atoms with Crippen molar-refractivity contribution in [2.75, 3.05) is 18.0 Å². The molecule has 2 heterocycles. The lowest BCUT2D eigenvalue weighted by Crippen LogP contribution is -2.23. The number of para-hydroxylation sites is 1. The standard InChI is InChI=1S/C14H13N3O/c15-8-11-7-10-3-1-2-4-13(10)16-14(11)17-6-5-12(18)9-17/h1-4,7,12,18H,5-6,9H2/t12-/m1/s1. The normalized spacial score (nSPS) is 19.1. The second-order valence-electron chi connectivity index (χ2n) is 4.55. The van der Waals surface area contributed by atoms with E-state index in [0.29, 0.717) is 17.9 Å². The topological polar surface area (TPSA) is 60.2 Å². The molecule has 3 rings (SSSR count). The number of benzene rings is 1. The van der Waals surface area contributed by atoms with Crippen LogP contribution < -0.4 is 4.90 Å². The number of hydrogen-bond donors (Lipinski definition) is 1. The van der Waals surface area contributed by atoms with Crippen molar-refractivity contribution in [3.8, 4) is 6.07 Å². The first-order chi connectivity index (χ1) is 8.78. The fraction of sp³-hybridized carbons (Fsp3) is 0.286. The van der Waals surface area contributed by atoms with Crippen molar-refractivity contribution < 1.29 is 5.11 Å². The van der Waals surface area contributed by atoms with Crippen LogP contribution in [-0.2, 0) is 0 Å². The van der Waals surface area contributed by atoms with Crippen LogP contribution in [0.3, 0.4) is 0 Å². The Hall–Kier alpha value is -2.12. The number of fused-ring (bicyclic) bond motifs is 1. The van der Waals surface area contributed by atoms with E-state index >= 15 is 0 Å². The Balaban J connectivity index is 2.13. The molecule has 1 N–H and O–H groups in total. The fourth-order valence-corrected chi connectivity index (χ4v) is 2.36. The molecule has 1 aromatic carbocycles. The first-order valence-corrected chi connectivity index (χ1v) is 6.01. The maximum absolute atomic E-state index is 9.59. The van der Waals surface area contributed by atoms with Gasteiger partial charge in [-0.3, -0.25) is 0 Å². The van der Waals surface area contributed by atoms with E-state index in [2.05, 4.69) is 11.1 Å². The molecule has 2 aromatic rings. The molecule has 0 amide bonds. The number of aromatic nitrogens is 1. The van der Waals surface area contributed by atoms with E-state index in [4.69, 9.17) is 0 Å². The summed E-state index contributed by atoms with van der Waals surface area (Å²) in [6.07, 6.45) is 0.421. The van der Waals surface area contributed by atoms with Gasteiger partial charge >= 0.3 is 0 Å². The minimum Gasteiger partial charge on any atom is -0.391 e. The Morgan fingerprint density at radius 3 is 2.94 bits per heavy atom. The highest BCUT2D eigenvalue weighted by molar-refractivity contribution is 5.83. The van der Waals surface area contributed by atoms with E-state index < -0.39 is 0 Å². The molecule has 0 radical (unpaired) electrons. The van der Waals surface area contributed by atoms with Crippen molar-refractivity contribution in [1.82, 2.24) is 4.98 Å². The summed E-state index contributed by atoms with van der Waals surface area (Å²) in [5, 5.41) is 19.8. The van der Waals surface area contributed by atoms with Gasteiger partial charge in [-0.1, -0.05) is 18.2 Å². The number of rotatable bonds is 1. The molecule has 90 valence electrons. The Morgan fingerprint density at radius 2 is 2.22 bits per heavy atom. The number of aliphatic hydroxyl groups excluding tert-OH is 1. The van der Waals surface area contributed by atoms with Gasteiger partial charge in [-0.2, -0.15) is 5.26 Å². The van der Waals surface area contributed by atoms with Crippen LogP contribution in [-0.4, -0.2) is 29.3 Å². The lowest BCUT2D eigenvalue weighted by molar-refractivity contribution is 0.198. The van der Waals surface area contributed by atoms with Gasteiger partial charge in [0.1, 0.15) is 11.9 Å². The van der Waals surface area contributed by atoms with E-state index in [0.717, 1.165) is 23.9 Å². The lowest BCUT2D eigenvalue weighted by Gasteiger charge is -2.18. The molecule has 1 aliphatic rings. The van der Waals surface area contributed by atoms with Crippen molar-refractivity contribution in [2.45, 2.75) is 12.5 Å². The summed E-state index contributed by atoms with van der Waals surface area (Å²) in [4.78, 5) is 6.54. The van der Waals surface area contributed by atoms with Crippen molar-refractivity contribution >= 4 is 16.7 Å². The highest BCUT2D eigenvalue weighted by atomic mass is 16.3. The number of nitriles is 1. The van der Waals surface area contributed by atoms with E-state index in [1.165, 1.54) is 0 Å². The van der Waals surface area contributed by atoms with E-state index in [1.807, 2.05) is 35.2 Å². The van der Waals surface area contributed by atoms with Crippen molar-refractivity contribution in [3.63, 3.8) is 0 Å². The second kappa shape index (κ2) is 4.28. The molecule has 18 heavy (non-hydrogen) atoms. The molecule has 1 fully saturated rings. The zero-order valence-corrected chi connectivity index (χ0v) is 9.87. The Bertz CT molecular complexity index is 632. The highest BCUT2D eigenvalue weighted by Gasteiger charge is 2.23. The molecule has 0 aliphatic carbocycles. The van der Waals surface area contributed by atoms with Crippen LogP contribution in [0.1, 0.15) is 12.0 Å². The predicted octanol–water partition coefficient (Wildman–Crippen LogP) is 1.68. The predicted molar refractivity (Wildman–Crippen MR) is 69.3 cm³/mol. The van der Waals surface area contributed by atoms with Crippen LogP contribution in [0.2, 0.25) is 0 Å². The number of nitrogens with zero attached hydrogens (tertiary/aromatic N) is 3. The molecule has 0 spiro atoms. The van der Waals surface area contributed by atoms with E-state index in [9.17, 15) is 10.4 Å². The zero-order valence-electron chi connectivity index (χ0n) is 9.87. The van der Waals surface area contributed by atoms with Gasteiger partial charge in [-0.05, 0) is 18.6 Å². The number of aliphatic hydroxyl groups is 1. The molecule has 1 saturated heterocycles. The smallest absolute Gasteiger partial charge is 0.147 e. The van der Waals surface area contributed by atoms with Crippen molar-refractivity contribution in [1.29, 1.82) is 5.26 Å². The van der Waals surface area contributed by atoms with Crippen LogP contribution in [0.15, 0.2) is 30.3 Å². The third kappa shape index (κ3) is 1.79. The maximum atomic E-state index is 9.59. The van der Waals surface area contributed by atoms with Gasteiger partial charge in [-0.15, -0.1) is 0 Å². The van der Waals surface area contributed by atoms with Gasteiger partial charge in [0.25, 0.3) is 0 Å². The summed E-state index contributed by atoms with van der Waals surface area (Å²) in [6, 6.07) is 11.8. The largest absolute Gasteiger partial charge is 0.391 e. The molecular weight excluding hydrogens is 226 g/mol. The first kappa shape index (κ1) is 11.0. The van der Waals surface area contributed by atoms with Crippen molar-refractivity contribution in [2.24, 2.45) is 0 Å². The summed E-state index contributed by atoms with van der Waals surface area (Å²) in [5.41, 5.74) is 1.45. The molecule has 0 unspecified atom stereocenters. The molecular formula is C14H13N3O. The summed E-state index contributed by atoms with van der Waals surface area (Å²) in [5.74, 6) is 0.688. The summed E-state index contributed by atoms with van der Waals surface area (Å²) >= 11 is 0. The number of anilines is 1. The number of β-amino-alcohol motifs (C(OH)–C–C–N with tert-alkyl or cyclic N) is 1. The highest BCUT2D eigenvalue weighted by Crippen LogP contribution is 2.25. The Morgan fingerprint density at radius 1 is 1.39 bits per heavy atom. The van der Waals surface area contributed by atoms with E-state index in [-0.39, 0.29) is 6.10 Å². The molecule has 1 aliphatic heterocycles. The fourth-order valence-electron chi connectivity index (χ4n) is 2.36. The summed E-state index contributed by atoms with van der Waals surface area (Å²) in [7, 11) is 0. The molecule has 4 nitrogen and oxygen atoms in total. The molecule has 0 bridgehead atoms. The van der Waals surface area contributed by atoms with Gasteiger partial charge in [0.05, 0.1) is 17.2 Å². The summed E-state index contributed by atoms with van der Waals surface area (Å²) in [6.45, 7) is 1.31. The van der Waals surface area contributed by atoms with Gasteiger partial charge in [0.15, 0.2) is 0 Å². The third-order valence-electron chi connectivity index (χ3n) is 3.29. The van der Waals surface area contributed by atoms with Crippen LogP contribution in [0.25, 0.3) is 10.9 Å². The first-order valence-electron chi connectivity index (χ1n) is 6.01. The molecule has 0 saturated carbocycles. The Kier molecular flexibility index (Phi) is 2.62. The van der Waals surface area contributed by atoms with Gasteiger partial charge in [-0.25, -0.2) is 4.98 Å². The quantitative estimate of drug-likeness (QED) is 0.822. The lowest BCUT2D eigenvalue weighted by atomic mass is 10.1. The average Bonchev–Trinajstić information content (AvgIpc) is 2.83. The second-order valence-corrected chi connectivity index (χ2v) is 4.55. The summed E-state index contributed by atoms with van der Waals surface area (Å²) < 4.78 is 0. The van der Waals surface area contributed by atoms with Gasteiger partial charge < -0.3 is 10.0 Å². The number of pyridine rings is 1. The maximum Gasteiger partial charge on any atom is 0.147 e. The molecule has 1 atom stereocenters. The van der Waals surface area contributed by atoms with Crippen LogP contribution in [0, 0.1) is 11.3 Å². The van der Waals surface area contributed by atoms with Crippen LogP contribution in [0.4, 0.5) is 5.82 Å². The third-order valence-corrected chi connectivity index (χ3v) is 3.29. The monoisotopic (exact) mass is 239 g/mol. The van der Waals surface area contributed by atoms with E-state index in [1.54, 1.807) is 0 Å². The average molecular weight is 239 g/mol. The number of hydrogen-bond acceptors (Lipinski definition) is 4. The SMILES string of the molecule is N#Cc1cc2ccccc2nc1N1CC[C@@H](O)C1.